The molecule has 1 aliphatic rings. The number of hydrogen-bond donors (Lipinski definition) is 1. The third kappa shape index (κ3) is 3.53. The molecule has 0 fully saturated rings. The first-order valence-electron chi connectivity index (χ1n) is 7.11. The van der Waals surface area contributed by atoms with Crippen molar-refractivity contribution in [2.75, 3.05) is 17.6 Å². The van der Waals surface area contributed by atoms with Crippen LogP contribution in [0.15, 0.2) is 23.2 Å². The molecule has 1 aliphatic heterocycles. The van der Waals surface area contributed by atoms with Gasteiger partial charge in [0.25, 0.3) is 0 Å². The predicted octanol–water partition coefficient (Wildman–Crippen LogP) is 4.35. The fraction of sp³-hybridized carbons (Fsp3) is 0.562. The van der Waals surface area contributed by atoms with Crippen LogP contribution in [0.5, 0.6) is 0 Å². The molecule has 0 aliphatic carbocycles. The second-order valence-corrected chi connectivity index (χ2v) is 6.82. The van der Waals surface area contributed by atoms with Crippen LogP contribution in [0.2, 0.25) is 0 Å². The van der Waals surface area contributed by atoms with E-state index in [1.165, 1.54) is 16.8 Å². The summed E-state index contributed by atoms with van der Waals surface area (Å²) >= 11 is 1.84. The molecular formula is C16H24N2S. The van der Waals surface area contributed by atoms with Crippen molar-refractivity contribution in [3.05, 3.63) is 29.3 Å². The van der Waals surface area contributed by atoms with E-state index in [1.807, 2.05) is 11.8 Å². The quantitative estimate of drug-likeness (QED) is 0.887. The van der Waals surface area contributed by atoms with Gasteiger partial charge in [-0.2, -0.15) is 0 Å². The van der Waals surface area contributed by atoms with Gasteiger partial charge in [-0.1, -0.05) is 57.7 Å². The summed E-state index contributed by atoms with van der Waals surface area (Å²) in [6, 6.07) is 6.57. The fourth-order valence-corrected chi connectivity index (χ4v) is 3.18. The van der Waals surface area contributed by atoms with Gasteiger partial charge in [0.1, 0.15) is 0 Å². The van der Waals surface area contributed by atoms with E-state index in [-0.39, 0.29) is 0 Å². The number of aliphatic imine (C=N–C) groups is 1. The number of aryl methyl sites for hydroxylation is 2. The summed E-state index contributed by atoms with van der Waals surface area (Å²) in [6.07, 6.45) is 2.11. The molecule has 0 amide bonds. The van der Waals surface area contributed by atoms with Crippen LogP contribution in [0.25, 0.3) is 0 Å². The Hall–Kier alpha value is -0.960. The molecule has 0 saturated heterocycles. The first-order valence-corrected chi connectivity index (χ1v) is 8.09. The maximum atomic E-state index is 4.70. The molecule has 1 aromatic rings. The third-order valence-corrected chi connectivity index (χ3v) is 4.91. The topological polar surface area (TPSA) is 24.4 Å². The molecule has 0 atom stereocenters. The van der Waals surface area contributed by atoms with E-state index >= 15 is 0 Å². The number of nitrogens with one attached hydrogen (secondary N) is 1. The van der Waals surface area contributed by atoms with Crippen molar-refractivity contribution < 1.29 is 0 Å². The molecular weight excluding hydrogens is 252 g/mol. The summed E-state index contributed by atoms with van der Waals surface area (Å²) < 4.78 is 0. The Morgan fingerprint density at radius 1 is 1.21 bits per heavy atom. The number of hydrogen-bond acceptors (Lipinski definition) is 3. The number of benzene rings is 1. The molecule has 0 saturated carbocycles. The Morgan fingerprint density at radius 2 is 1.84 bits per heavy atom. The van der Waals surface area contributed by atoms with Gasteiger partial charge in [-0.25, -0.2) is 0 Å². The monoisotopic (exact) mass is 276 g/mol. The van der Waals surface area contributed by atoms with Gasteiger partial charge < -0.3 is 5.32 Å². The number of amidine groups is 1. The van der Waals surface area contributed by atoms with Crippen molar-refractivity contribution in [1.82, 2.24) is 0 Å². The van der Waals surface area contributed by atoms with Gasteiger partial charge in [-0.15, -0.1) is 0 Å². The summed E-state index contributed by atoms with van der Waals surface area (Å²) in [7, 11) is 0. The number of nitrogens with zero attached hydrogens (tertiary/aromatic N) is 1. The second-order valence-electron chi connectivity index (χ2n) is 5.86. The Morgan fingerprint density at radius 3 is 2.32 bits per heavy atom. The normalized spacial score (nSPS) is 18.0. The van der Waals surface area contributed by atoms with Gasteiger partial charge in [-0.05, 0) is 29.4 Å². The lowest BCUT2D eigenvalue weighted by Crippen LogP contribution is -2.27. The Balaban J connectivity index is 2.22. The molecule has 0 aromatic heterocycles. The first kappa shape index (κ1) is 14.4. The minimum Gasteiger partial charge on any atom is -0.335 e. The fourth-order valence-electron chi connectivity index (χ4n) is 2.23. The highest BCUT2D eigenvalue weighted by Crippen LogP contribution is 2.30. The summed E-state index contributed by atoms with van der Waals surface area (Å²) in [6.45, 7) is 9.88. The van der Waals surface area contributed by atoms with Gasteiger partial charge in [0.05, 0.1) is 0 Å². The van der Waals surface area contributed by atoms with E-state index in [1.54, 1.807) is 0 Å². The molecule has 1 heterocycles. The average Bonchev–Trinajstić information content (AvgIpc) is 2.41. The smallest absolute Gasteiger partial charge is 0.161 e. The van der Waals surface area contributed by atoms with E-state index in [9.17, 15) is 0 Å². The average molecular weight is 276 g/mol. The van der Waals surface area contributed by atoms with Crippen LogP contribution >= 0.6 is 11.8 Å². The van der Waals surface area contributed by atoms with E-state index in [4.69, 9.17) is 4.99 Å². The first-order chi connectivity index (χ1) is 9.05. The number of anilines is 1. The molecule has 104 valence electrons. The zero-order valence-corrected chi connectivity index (χ0v) is 13.2. The van der Waals surface area contributed by atoms with Crippen LogP contribution in [0.1, 0.15) is 38.8 Å². The molecule has 19 heavy (non-hydrogen) atoms. The SMILES string of the molecule is CCc1cccc(CC)c1NC1=NCC(C)(C)CS1. The van der Waals surface area contributed by atoms with Crippen LogP contribution in [-0.2, 0) is 12.8 Å². The van der Waals surface area contributed by atoms with Gasteiger partial charge in [0, 0.05) is 18.0 Å². The van der Waals surface area contributed by atoms with E-state index in [0.29, 0.717) is 5.41 Å². The minimum absolute atomic E-state index is 0.327. The number of para-hydroxylation sites is 1. The number of thioether (sulfide) groups is 1. The molecule has 0 radical (unpaired) electrons. The lowest BCUT2D eigenvalue weighted by Gasteiger charge is -2.28. The maximum Gasteiger partial charge on any atom is 0.161 e. The highest BCUT2D eigenvalue weighted by atomic mass is 32.2. The number of rotatable bonds is 3. The van der Waals surface area contributed by atoms with E-state index in [0.717, 1.165) is 30.3 Å². The van der Waals surface area contributed by atoms with Crippen LogP contribution < -0.4 is 5.32 Å². The minimum atomic E-state index is 0.327. The molecule has 1 N–H and O–H groups in total. The molecule has 0 bridgehead atoms. The Bertz CT molecular complexity index is 455. The Kier molecular flexibility index (Phi) is 4.56. The van der Waals surface area contributed by atoms with Crippen molar-refractivity contribution in [2.24, 2.45) is 10.4 Å². The lowest BCUT2D eigenvalue weighted by molar-refractivity contribution is 0.438. The highest BCUT2D eigenvalue weighted by Gasteiger charge is 2.23. The summed E-state index contributed by atoms with van der Waals surface area (Å²) in [5.41, 5.74) is 4.37. The standard InChI is InChI=1S/C16H24N2S/c1-5-12-8-7-9-13(6-2)14(12)18-15-17-10-16(3,4)11-19-15/h7-9H,5-6,10-11H2,1-4H3,(H,17,18). The van der Waals surface area contributed by atoms with Crippen LogP contribution in [0.3, 0.4) is 0 Å². The van der Waals surface area contributed by atoms with Crippen molar-refractivity contribution in [2.45, 2.75) is 40.5 Å². The maximum absolute atomic E-state index is 4.70. The van der Waals surface area contributed by atoms with Crippen molar-refractivity contribution in [1.29, 1.82) is 0 Å². The third-order valence-electron chi connectivity index (χ3n) is 3.48. The zero-order valence-electron chi connectivity index (χ0n) is 12.4. The largest absolute Gasteiger partial charge is 0.335 e. The summed E-state index contributed by atoms with van der Waals surface area (Å²) in [5, 5.41) is 4.65. The van der Waals surface area contributed by atoms with E-state index in [2.05, 4.69) is 51.2 Å². The van der Waals surface area contributed by atoms with Crippen molar-refractivity contribution >= 4 is 22.6 Å². The molecule has 0 unspecified atom stereocenters. The molecule has 3 heteroatoms. The molecule has 0 spiro atoms. The van der Waals surface area contributed by atoms with Crippen LogP contribution in [0, 0.1) is 5.41 Å². The molecule has 1 aromatic carbocycles. The van der Waals surface area contributed by atoms with Gasteiger partial charge in [0.2, 0.25) is 0 Å². The summed E-state index contributed by atoms with van der Waals surface area (Å²) in [4.78, 5) is 4.70. The van der Waals surface area contributed by atoms with Crippen LogP contribution in [-0.4, -0.2) is 17.5 Å². The predicted molar refractivity (Wildman–Crippen MR) is 87.4 cm³/mol. The van der Waals surface area contributed by atoms with Crippen LogP contribution in [0.4, 0.5) is 5.69 Å². The molecule has 2 rings (SSSR count). The van der Waals surface area contributed by atoms with Gasteiger partial charge in [0.15, 0.2) is 5.17 Å². The van der Waals surface area contributed by atoms with Crippen molar-refractivity contribution in [3.8, 4) is 0 Å². The van der Waals surface area contributed by atoms with E-state index < -0.39 is 0 Å². The van der Waals surface area contributed by atoms with Gasteiger partial charge >= 0.3 is 0 Å². The van der Waals surface area contributed by atoms with Gasteiger partial charge in [-0.3, -0.25) is 4.99 Å². The lowest BCUT2D eigenvalue weighted by atomic mass is 9.97. The molecule has 2 nitrogen and oxygen atoms in total. The van der Waals surface area contributed by atoms with Crippen molar-refractivity contribution in [3.63, 3.8) is 0 Å². The Labute approximate surface area is 121 Å². The highest BCUT2D eigenvalue weighted by molar-refractivity contribution is 8.14. The zero-order chi connectivity index (χ0) is 13.9. The second kappa shape index (κ2) is 6.00. The summed E-state index contributed by atoms with van der Waals surface area (Å²) in [5.74, 6) is 1.13.